The van der Waals surface area contributed by atoms with Gasteiger partial charge in [-0.1, -0.05) is 0 Å². The molecule has 0 aromatic carbocycles. The third kappa shape index (κ3) is 3.18. The zero-order chi connectivity index (χ0) is 11.4. The highest BCUT2D eigenvalue weighted by Crippen LogP contribution is 2.24. The predicted octanol–water partition coefficient (Wildman–Crippen LogP) is 1.01. The lowest BCUT2D eigenvalue weighted by atomic mass is 10.3. The molecule has 0 unspecified atom stereocenters. The van der Waals surface area contributed by atoms with Crippen molar-refractivity contribution in [2.24, 2.45) is 5.73 Å². The Morgan fingerprint density at radius 3 is 3.06 bits per heavy atom. The van der Waals surface area contributed by atoms with Crippen LogP contribution in [0.25, 0.3) is 0 Å². The van der Waals surface area contributed by atoms with Gasteiger partial charge in [0.15, 0.2) is 0 Å². The quantitative estimate of drug-likeness (QED) is 0.779. The lowest BCUT2D eigenvalue weighted by Crippen LogP contribution is -2.26. The van der Waals surface area contributed by atoms with E-state index in [0.29, 0.717) is 19.0 Å². The van der Waals surface area contributed by atoms with E-state index in [1.54, 1.807) is 6.20 Å². The summed E-state index contributed by atoms with van der Waals surface area (Å²) in [5.41, 5.74) is 6.61. The highest BCUT2D eigenvalue weighted by atomic mass is 16.5. The van der Waals surface area contributed by atoms with Crippen LogP contribution in [0.5, 0.6) is 5.88 Å². The molecule has 1 aliphatic rings. The van der Waals surface area contributed by atoms with Crippen LogP contribution < -0.4 is 10.5 Å². The Morgan fingerprint density at radius 1 is 1.56 bits per heavy atom. The molecule has 0 atom stereocenters. The summed E-state index contributed by atoms with van der Waals surface area (Å²) in [4.78, 5) is 6.49. The summed E-state index contributed by atoms with van der Waals surface area (Å²) in [6, 6.07) is 4.59. The van der Waals surface area contributed by atoms with Gasteiger partial charge in [0.05, 0.1) is 0 Å². The summed E-state index contributed by atoms with van der Waals surface area (Å²) < 4.78 is 5.59. The Labute approximate surface area is 96.4 Å². The molecular formula is C12H19N3O. The van der Waals surface area contributed by atoms with Crippen molar-refractivity contribution in [2.45, 2.75) is 25.4 Å². The first-order valence-corrected chi connectivity index (χ1v) is 5.77. The van der Waals surface area contributed by atoms with Crippen LogP contribution in [-0.2, 0) is 6.54 Å². The second kappa shape index (κ2) is 5.27. The van der Waals surface area contributed by atoms with Gasteiger partial charge in [0.2, 0.25) is 5.88 Å². The number of likely N-dealkylation sites (N-methyl/N-ethyl adjacent to an activating group) is 1. The molecule has 16 heavy (non-hydrogen) atoms. The summed E-state index contributed by atoms with van der Waals surface area (Å²) in [7, 11) is 2.14. The van der Waals surface area contributed by atoms with Crippen LogP contribution in [0.4, 0.5) is 0 Å². The van der Waals surface area contributed by atoms with Crippen molar-refractivity contribution >= 4 is 0 Å². The first-order chi connectivity index (χ1) is 7.79. The van der Waals surface area contributed by atoms with Gasteiger partial charge in [0, 0.05) is 31.4 Å². The van der Waals surface area contributed by atoms with E-state index in [0.717, 1.165) is 18.2 Å². The molecule has 1 aliphatic carbocycles. The van der Waals surface area contributed by atoms with Crippen LogP contribution in [0.15, 0.2) is 18.3 Å². The normalized spacial score (nSPS) is 15.4. The summed E-state index contributed by atoms with van der Waals surface area (Å²) in [6.45, 7) is 2.17. The molecule has 2 N–H and O–H groups in total. The van der Waals surface area contributed by atoms with E-state index in [-0.39, 0.29) is 0 Å². The van der Waals surface area contributed by atoms with Gasteiger partial charge in [-0.2, -0.15) is 0 Å². The average molecular weight is 221 g/mol. The molecule has 2 rings (SSSR count). The second-order valence-corrected chi connectivity index (χ2v) is 4.27. The van der Waals surface area contributed by atoms with Gasteiger partial charge in [0.25, 0.3) is 0 Å². The number of pyridine rings is 1. The summed E-state index contributed by atoms with van der Waals surface area (Å²) in [5, 5.41) is 0. The highest BCUT2D eigenvalue weighted by Gasteiger charge is 2.25. The summed E-state index contributed by atoms with van der Waals surface area (Å²) in [5.74, 6) is 0.673. The third-order valence-electron chi connectivity index (χ3n) is 2.90. The molecule has 4 nitrogen and oxygen atoms in total. The zero-order valence-corrected chi connectivity index (χ0v) is 9.72. The largest absolute Gasteiger partial charge is 0.476 e. The molecular weight excluding hydrogens is 202 g/mol. The van der Waals surface area contributed by atoms with Crippen LogP contribution in [-0.4, -0.2) is 36.1 Å². The van der Waals surface area contributed by atoms with Crippen molar-refractivity contribution in [2.75, 3.05) is 20.2 Å². The van der Waals surface area contributed by atoms with Crippen molar-refractivity contribution in [3.05, 3.63) is 23.9 Å². The number of hydrogen-bond donors (Lipinski definition) is 1. The fourth-order valence-electron chi connectivity index (χ4n) is 1.65. The number of ether oxygens (including phenoxy) is 1. The van der Waals surface area contributed by atoms with Gasteiger partial charge in [0.1, 0.15) is 6.61 Å². The maximum atomic E-state index is 5.59. The van der Waals surface area contributed by atoms with E-state index >= 15 is 0 Å². The molecule has 1 heterocycles. The van der Waals surface area contributed by atoms with Crippen LogP contribution in [0, 0.1) is 0 Å². The summed E-state index contributed by atoms with van der Waals surface area (Å²) in [6.07, 6.45) is 4.40. The van der Waals surface area contributed by atoms with E-state index in [9.17, 15) is 0 Å². The van der Waals surface area contributed by atoms with Crippen LogP contribution in [0.3, 0.4) is 0 Å². The Kier molecular flexibility index (Phi) is 3.74. The molecule has 0 saturated heterocycles. The predicted molar refractivity (Wildman–Crippen MR) is 63.3 cm³/mol. The first kappa shape index (κ1) is 11.4. The Bertz CT molecular complexity index is 339. The van der Waals surface area contributed by atoms with E-state index < -0.39 is 0 Å². The molecule has 0 bridgehead atoms. The van der Waals surface area contributed by atoms with E-state index in [2.05, 4.69) is 16.9 Å². The minimum Gasteiger partial charge on any atom is -0.476 e. The SMILES string of the molecule is CN(CCOc1cc(CN)ccn1)C1CC1. The van der Waals surface area contributed by atoms with E-state index in [1.165, 1.54) is 12.8 Å². The maximum Gasteiger partial charge on any atom is 0.213 e. The molecule has 1 aromatic heterocycles. The lowest BCUT2D eigenvalue weighted by molar-refractivity contribution is 0.226. The van der Waals surface area contributed by atoms with Crippen molar-refractivity contribution in [3.8, 4) is 5.88 Å². The molecule has 0 aliphatic heterocycles. The zero-order valence-electron chi connectivity index (χ0n) is 9.72. The Hall–Kier alpha value is -1.13. The van der Waals surface area contributed by atoms with Crippen LogP contribution in [0.2, 0.25) is 0 Å². The average Bonchev–Trinajstić information content (AvgIpc) is 3.13. The molecule has 0 amide bonds. The smallest absolute Gasteiger partial charge is 0.213 e. The van der Waals surface area contributed by atoms with Gasteiger partial charge in [-0.15, -0.1) is 0 Å². The third-order valence-corrected chi connectivity index (χ3v) is 2.90. The van der Waals surface area contributed by atoms with E-state index in [1.807, 2.05) is 12.1 Å². The van der Waals surface area contributed by atoms with Crippen LogP contribution in [0.1, 0.15) is 18.4 Å². The van der Waals surface area contributed by atoms with Crippen molar-refractivity contribution < 1.29 is 4.74 Å². The number of rotatable bonds is 6. The fourth-order valence-corrected chi connectivity index (χ4v) is 1.65. The van der Waals surface area contributed by atoms with Gasteiger partial charge >= 0.3 is 0 Å². The monoisotopic (exact) mass is 221 g/mol. The van der Waals surface area contributed by atoms with Crippen LogP contribution >= 0.6 is 0 Å². The Morgan fingerprint density at radius 2 is 2.38 bits per heavy atom. The number of nitrogens with two attached hydrogens (primary N) is 1. The van der Waals surface area contributed by atoms with Gasteiger partial charge in [-0.3, -0.25) is 0 Å². The summed E-state index contributed by atoms with van der Waals surface area (Å²) >= 11 is 0. The molecule has 1 fully saturated rings. The van der Waals surface area contributed by atoms with Crippen molar-refractivity contribution in [1.29, 1.82) is 0 Å². The minimum absolute atomic E-state index is 0.529. The highest BCUT2D eigenvalue weighted by molar-refractivity contribution is 5.20. The number of hydrogen-bond acceptors (Lipinski definition) is 4. The van der Waals surface area contributed by atoms with Gasteiger partial charge in [-0.25, -0.2) is 4.98 Å². The molecule has 88 valence electrons. The molecule has 4 heteroatoms. The molecule has 1 saturated carbocycles. The standard InChI is InChI=1S/C12H19N3O/c1-15(11-2-3-11)6-7-16-12-8-10(9-13)4-5-14-12/h4-5,8,11H,2-3,6-7,9,13H2,1H3. The first-order valence-electron chi connectivity index (χ1n) is 5.77. The minimum atomic E-state index is 0.529. The Balaban J connectivity index is 1.75. The molecule has 0 spiro atoms. The van der Waals surface area contributed by atoms with Crippen molar-refractivity contribution in [1.82, 2.24) is 9.88 Å². The van der Waals surface area contributed by atoms with Crippen molar-refractivity contribution in [3.63, 3.8) is 0 Å². The van der Waals surface area contributed by atoms with Gasteiger partial charge < -0.3 is 15.4 Å². The molecule has 0 radical (unpaired) electrons. The van der Waals surface area contributed by atoms with Gasteiger partial charge in [-0.05, 0) is 31.5 Å². The maximum absolute atomic E-state index is 5.59. The number of nitrogens with zero attached hydrogens (tertiary/aromatic N) is 2. The topological polar surface area (TPSA) is 51.4 Å². The van der Waals surface area contributed by atoms with E-state index in [4.69, 9.17) is 10.5 Å². The number of aromatic nitrogens is 1. The fraction of sp³-hybridized carbons (Fsp3) is 0.583. The lowest BCUT2D eigenvalue weighted by Gasteiger charge is -2.15. The molecule has 1 aromatic rings. The second-order valence-electron chi connectivity index (χ2n) is 4.27.